The van der Waals surface area contributed by atoms with Gasteiger partial charge in [-0.15, -0.1) is 0 Å². The zero-order valence-corrected chi connectivity index (χ0v) is 19.5. The third-order valence-corrected chi connectivity index (χ3v) is 5.32. The molecule has 0 spiro atoms. The summed E-state index contributed by atoms with van der Waals surface area (Å²) in [7, 11) is 6.45. The lowest BCUT2D eigenvalue weighted by molar-refractivity contribution is 0.324. The molecule has 2 heterocycles. The van der Waals surface area contributed by atoms with Crippen LogP contribution in [0.25, 0.3) is 23.3 Å². The monoisotopic (exact) mass is 442 g/mol. The molecule has 32 heavy (non-hydrogen) atoms. The predicted octanol–water partition coefficient (Wildman–Crippen LogP) is 2.91. The van der Waals surface area contributed by atoms with Gasteiger partial charge in [0, 0.05) is 25.7 Å². The largest absolute Gasteiger partial charge is 0.493 e. The molecule has 0 radical (unpaired) electrons. The molecule has 0 fully saturated rings. The molecule has 0 aliphatic heterocycles. The molecular weight excluding hydrogens is 412 g/mol. The summed E-state index contributed by atoms with van der Waals surface area (Å²) in [5.74, 6) is 2.12. The van der Waals surface area contributed by atoms with E-state index < -0.39 is 0 Å². The molecular formula is C23H30N4O5. The van der Waals surface area contributed by atoms with Crippen molar-refractivity contribution in [3.63, 3.8) is 0 Å². The van der Waals surface area contributed by atoms with Crippen LogP contribution in [0.4, 0.5) is 0 Å². The van der Waals surface area contributed by atoms with Crippen LogP contribution in [0.3, 0.4) is 0 Å². The van der Waals surface area contributed by atoms with Crippen LogP contribution < -0.4 is 25.5 Å². The van der Waals surface area contributed by atoms with E-state index >= 15 is 0 Å². The van der Waals surface area contributed by atoms with Crippen LogP contribution in [0, 0.1) is 0 Å². The number of aryl methyl sites for hydroxylation is 2. The first-order valence-electron chi connectivity index (χ1n) is 10.6. The molecule has 0 amide bonds. The summed E-state index contributed by atoms with van der Waals surface area (Å²) in [4.78, 5) is 30.6. The van der Waals surface area contributed by atoms with Gasteiger partial charge in [0.2, 0.25) is 5.75 Å². The van der Waals surface area contributed by atoms with Gasteiger partial charge in [0.25, 0.3) is 5.56 Å². The first-order chi connectivity index (χ1) is 15.4. The Morgan fingerprint density at radius 3 is 2.16 bits per heavy atom. The SMILES string of the molecule is CCCn1c(=O)c2c(nc(C=Cc3ccc(OC)c(OC)c3OC)n2C)n(CCC)c1=O. The Kier molecular flexibility index (Phi) is 7.07. The van der Waals surface area contributed by atoms with Crippen molar-refractivity contribution >= 4 is 23.3 Å². The topological polar surface area (TPSA) is 89.5 Å². The maximum atomic E-state index is 13.1. The highest BCUT2D eigenvalue weighted by atomic mass is 16.5. The average Bonchev–Trinajstić information content (AvgIpc) is 3.13. The van der Waals surface area contributed by atoms with Crippen LogP contribution in [0.5, 0.6) is 17.2 Å². The molecule has 9 nitrogen and oxygen atoms in total. The highest BCUT2D eigenvalue weighted by Gasteiger charge is 2.19. The van der Waals surface area contributed by atoms with Gasteiger partial charge in [0.15, 0.2) is 22.7 Å². The summed E-state index contributed by atoms with van der Waals surface area (Å²) in [5, 5.41) is 0. The summed E-state index contributed by atoms with van der Waals surface area (Å²) in [6, 6.07) is 3.64. The summed E-state index contributed by atoms with van der Waals surface area (Å²) in [5.41, 5.74) is 0.923. The van der Waals surface area contributed by atoms with Gasteiger partial charge >= 0.3 is 5.69 Å². The lowest BCUT2D eigenvalue weighted by Crippen LogP contribution is -2.40. The highest BCUT2D eigenvalue weighted by Crippen LogP contribution is 2.40. The fourth-order valence-corrected chi connectivity index (χ4v) is 3.79. The summed E-state index contributed by atoms with van der Waals surface area (Å²) in [6.45, 7) is 4.79. The second-order valence-electron chi connectivity index (χ2n) is 7.35. The van der Waals surface area contributed by atoms with E-state index in [1.165, 1.54) is 4.57 Å². The number of methoxy groups -OCH3 is 3. The van der Waals surface area contributed by atoms with Crippen molar-refractivity contribution in [2.75, 3.05) is 21.3 Å². The predicted molar refractivity (Wildman–Crippen MR) is 125 cm³/mol. The Balaban J connectivity index is 2.20. The van der Waals surface area contributed by atoms with Gasteiger partial charge in [0.1, 0.15) is 5.82 Å². The smallest absolute Gasteiger partial charge is 0.332 e. The Bertz CT molecular complexity index is 1270. The summed E-state index contributed by atoms with van der Waals surface area (Å²) >= 11 is 0. The molecule has 2 aromatic heterocycles. The first-order valence-corrected chi connectivity index (χ1v) is 10.6. The zero-order chi connectivity index (χ0) is 23.4. The van der Waals surface area contributed by atoms with Crippen molar-refractivity contribution in [3.8, 4) is 17.2 Å². The number of benzene rings is 1. The van der Waals surface area contributed by atoms with Crippen LogP contribution in [-0.4, -0.2) is 40.0 Å². The fourth-order valence-electron chi connectivity index (χ4n) is 3.79. The maximum Gasteiger partial charge on any atom is 0.332 e. The van der Waals surface area contributed by atoms with Gasteiger partial charge < -0.3 is 18.8 Å². The molecule has 0 saturated heterocycles. The average molecular weight is 443 g/mol. The second-order valence-corrected chi connectivity index (χ2v) is 7.35. The molecule has 172 valence electrons. The molecule has 0 aliphatic rings. The number of hydrogen-bond acceptors (Lipinski definition) is 6. The van der Waals surface area contributed by atoms with Crippen LogP contribution in [-0.2, 0) is 20.1 Å². The van der Waals surface area contributed by atoms with Gasteiger partial charge in [-0.3, -0.25) is 13.9 Å². The second kappa shape index (κ2) is 9.76. The van der Waals surface area contributed by atoms with Crippen LogP contribution in [0.15, 0.2) is 21.7 Å². The summed E-state index contributed by atoms with van der Waals surface area (Å²) < 4.78 is 20.9. The Morgan fingerprint density at radius 2 is 1.56 bits per heavy atom. The van der Waals surface area contributed by atoms with Crippen molar-refractivity contribution in [2.45, 2.75) is 39.8 Å². The van der Waals surface area contributed by atoms with Gasteiger partial charge in [-0.25, -0.2) is 9.78 Å². The van der Waals surface area contributed by atoms with E-state index in [-0.39, 0.29) is 11.2 Å². The van der Waals surface area contributed by atoms with E-state index in [1.54, 1.807) is 49.7 Å². The minimum absolute atomic E-state index is 0.318. The Morgan fingerprint density at radius 1 is 0.906 bits per heavy atom. The maximum absolute atomic E-state index is 13.1. The number of fused-ring (bicyclic) bond motifs is 1. The highest BCUT2D eigenvalue weighted by molar-refractivity contribution is 5.79. The fraction of sp³-hybridized carbons (Fsp3) is 0.435. The number of aromatic nitrogens is 4. The van der Waals surface area contributed by atoms with Crippen molar-refractivity contribution < 1.29 is 14.2 Å². The molecule has 0 bridgehead atoms. The molecule has 3 aromatic rings. The number of imidazole rings is 1. The van der Waals surface area contributed by atoms with E-state index in [4.69, 9.17) is 14.2 Å². The van der Waals surface area contributed by atoms with Gasteiger partial charge in [0.05, 0.1) is 21.3 Å². The molecule has 0 atom stereocenters. The Hall–Kier alpha value is -3.49. The minimum Gasteiger partial charge on any atom is -0.493 e. The van der Waals surface area contributed by atoms with Gasteiger partial charge in [-0.2, -0.15) is 0 Å². The normalized spacial score (nSPS) is 11.4. The summed E-state index contributed by atoms with van der Waals surface area (Å²) in [6.07, 6.45) is 5.06. The molecule has 0 N–H and O–H groups in total. The molecule has 0 saturated carbocycles. The molecule has 3 rings (SSSR count). The molecule has 1 aromatic carbocycles. The van der Waals surface area contributed by atoms with Crippen molar-refractivity contribution in [1.82, 2.24) is 18.7 Å². The van der Waals surface area contributed by atoms with E-state index in [9.17, 15) is 9.59 Å². The molecule has 9 heteroatoms. The zero-order valence-electron chi connectivity index (χ0n) is 19.5. The van der Waals surface area contributed by atoms with Crippen molar-refractivity contribution in [3.05, 3.63) is 44.4 Å². The first kappa shape index (κ1) is 23.2. The van der Waals surface area contributed by atoms with E-state index in [2.05, 4.69) is 4.98 Å². The molecule has 0 aliphatic carbocycles. The van der Waals surface area contributed by atoms with Crippen LogP contribution >= 0.6 is 0 Å². The number of ether oxygens (including phenoxy) is 3. The Labute approximate surface area is 186 Å². The van der Waals surface area contributed by atoms with Crippen LogP contribution in [0.1, 0.15) is 38.1 Å². The number of nitrogens with zero attached hydrogens (tertiary/aromatic N) is 4. The standard InChI is InChI=1S/C23H30N4O5/c1-7-13-26-21-18(22(28)27(14-8-2)23(26)29)25(3)17(24-21)12-10-15-9-11-16(30-4)20(32-6)19(15)31-5/h9-12H,7-8,13-14H2,1-6H3. The van der Waals surface area contributed by atoms with Crippen LogP contribution in [0.2, 0.25) is 0 Å². The lowest BCUT2D eigenvalue weighted by Gasteiger charge is -2.13. The van der Waals surface area contributed by atoms with Gasteiger partial charge in [-0.1, -0.05) is 13.8 Å². The lowest BCUT2D eigenvalue weighted by atomic mass is 10.1. The third kappa shape index (κ3) is 3.90. The molecule has 0 unspecified atom stereocenters. The van der Waals surface area contributed by atoms with E-state index in [0.29, 0.717) is 53.7 Å². The number of rotatable bonds is 9. The van der Waals surface area contributed by atoms with E-state index in [1.807, 2.05) is 26.0 Å². The van der Waals surface area contributed by atoms with Crippen molar-refractivity contribution in [2.24, 2.45) is 7.05 Å². The van der Waals surface area contributed by atoms with Gasteiger partial charge in [-0.05, 0) is 37.1 Å². The number of hydrogen-bond donors (Lipinski definition) is 0. The van der Waals surface area contributed by atoms with E-state index in [0.717, 1.165) is 12.0 Å². The quantitative estimate of drug-likeness (QED) is 0.506. The minimum atomic E-state index is -0.322. The third-order valence-electron chi connectivity index (χ3n) is 5.32. The van der Waals surface area contributed by atoms with Crippen molar-refractivity contribution in [1.29, 1.82) is 0 Å².